The highest BCUT2D eigenvalue weighted by Gasteiger charge is 2.37. The summed E-state index contributed by atoms with van der Waals surface area (Å²) in [4.78, 5) is 18.0. The van der Waals surface area contributed by atoms with Gasteiger partial charge in [0, 0.05) is 19.6 Å². The van der Waals surface area contributed by atoms with Gasteiger partial charge in [0.05, 0.1) is 25.4 Å². The number of hydrazine groups is 1. The lowest BCUT2D eigenvalue weighted by atomic mass is 9.80. The number of alkyl halides is 1. The van der Waals surface area contributed by atoms with E-state index in [2.05, 4.69) is 51.3 Å². The molecule has 0 aromatic heterocycles. The van der Waals surface area contributed by atoms with E-state index in [1.54, 1.807) is 4.90 Å². The van der Waals surface area contributed by atoms with Crippen molar-refractivity contribution in [2.24, 2.45) is 22.1 Å². The first-order chi connectivity index (χ1) is 21.0. The van der Waals surface area contributed by atoms with Gasteiger partial charge in [0.2, 0.25) is 0 Å². The van der Waals surface area contributed by atoms with Gasteiger partial charge in [-0.15, -0.1) is 12.8 Å². The van der Waals surface area contributed by atoms with E-state index in [0.717, 1.165) is 43.5 Å². The van der Waals surface area contributed by atoms with E-state index in [1.165, 1.54) is 6.07 Å². The molecule has 11 heteroatoms. The molecular formula is C33H49F3N6O2. The molecule has 2 heterocycles. The number of urea groups is 1. The first kappa shape index (κ1) is 38.4. The predicted molar refractivity (Wildman–Crippen MR) is 171 cm³/mol. The monoisotopic (exact) mass is 618 g/mol. The Morgan fingerprint density at radius 2 is 1.84 bits per heavy atom. The van der Waals surface area contributed by atoms with Crippen LogP contribution in [0.2, 0.25) is 0 Å². The zero-order valence-corrected chi connectivity index (χ0v) is 26.6. The minimum absolute atomic E-state index is 0.00729. The molecule has 5 N–H and O–H groups in total. The van der Waals surface area contributed by atoms with Crippen LogP contribution in [-0.2, 0) is 6.54 Å². The highest BCUT2D eigenvalue weighted by atomic mass is 19.1. The molecule has 0 radical (unpaired) electrons. The Kier molecular flexibility index (Phi) is 17.2. The number of aliphatic imine (C=N–C) groups is 1. The minimum atomic E-state index is -0.485. The number of amidine groups is 1. The van der Waals surface area contributed by atoms with Crippen LogP contribution in [0.1, 0.15) is 58.1 Å². The summed E-state index contributed by atoms with van der Waals surface area (Å²) in [6.07, 6.45) is 10.5. The van der Waals surface area contributed by atoms with Crippen molar-refractivity contribution in [1.29, 1.82) is 0 Å². The van der Waals surface area contributed by atoms with Crippen molar-refractivity contribution in [3.05, 3.63) is 71.3 Å². The SMILES string of the molecule is C#C.CF.C[C@@H](C1N=C(c2cc(F)ccc2F)NN1Cc1ccccc1)C(C)(C)C.NCCCNC(=O)N1CCC[C@@H]1CO. The van der Waals surface area contributed by atoms with Crippen LogP contribution in [0.25, 0.3) is 0 Å². The van der Waals surface area contributed by atoms with Crippen molar-refractivity contribution in [2.45, 2.75) is 65.7 Å². The second kappa shape index (κ2) is 19.6. The number of benzene rings is 2. The van der Waals surface area contributed by atoms with E-state index in [-0.39, 0.29) is 41.7 Å². The second-order valence-electron chi connectivity index (χ2n) is 11.4. The molecule has 2 aliphatic heterocycles. The summed E-state index contributed by atoms with van der Waals surface area (Å²) in [5.41, 5.74) is 9.82. The third-order valence-electron chi connectivity index (χ3n) is 7.53. The number of nitrogens with one attached hydrogen (secondary N) is 2. The highest BCUT2D eigenvalue weighted by molar-refractivity contribution is 5.99. The van der Waals surface area contributed by atoms with Crippen LogP contribution < -0.4 is 16.5 Å². The molecule has 3 atom stereocenters. The molecule has 2 amide bonds. The molecule has 0 saturated carbocycles. The van der Waals surface area contributed by atoms with E-state index in [0.29, 0.717) is 32.6 Å². The van der Waals surface area contributed by atoms with Crippen LogP contribution in [0, 0.1) is 35.8 Å². The lowest BCUT2D eigenvalue weighted by Gasteiger charge is -2.35. The van der Waals surface area contributed by atoms with Crippen molar-refractivity contribution in [1.82, 2.24) is 20.7 Å². The normalized spacial score (nSPS) is 18.3. The lowest BCUT2D eigenvalue weighted by molar-refractivity contribution is 0.0797. The number of carbonyl (C=O) groups is 1. The number of terminal acetylenes is 1. The molecule has 0 aliphatic carbocycles. The average molecular weight is 619 g/mol. The maximum absolute atomic E-state index is 14.2. The van der Waals surface area contributed by atoms with Gasteiger partial charge in [-0.1, -0.05) is 58.0 Å². The molecule has 1 saturated heterocycles. The Labute approximate surface area is 260 Å². The molecule has 244 valence electrons. The first-order valence-electron chi connectivity index (χ1n) is 14.7. The third-order valence-corrected chi connectivity index (χ3v) is 7.53. The van der Waals surface area contributed by atoms with Gasteiger partial charge in [0.25, 0.3) is 0 Å². The average Bonchev–Trinajstić information content (AvgIpc) is 3.68. The summed E-state index contributed by atoms with van der Waals surface area (Å²) in [5, 5.41) is 13.8. The molecule has 2 aliphatic rings. The van der Waals surface area contributed by atoms with Crippen molar-refractivity contribution in [3.63, 3.8) is 0 Å². The van der Waals surface area contributed by atoms with E-state index in [9.17, 15) is 18.0 Å². The molecule has 1 fully saturated rings. The van der Waals surface area contributed by atoms with Crippen molar-refractivity contribution in [3.8, 4) is 12.8 Å². The van der Waals surface area contributed by atoms with Crippen LogP contribution in [0.3, 0.4) is 0 Å². The standard InChI is InChI=1S/C21H25F2N3.C9H19N3O2.C2H2.CH3F/c1-14(21(2,3)4)20-24-19(17-12-16(22)10-11-18(17)23)25-26(20)13-15-8-6-5-7-9-15;10-4-2-5-11-9(14)12-6-1-3-8(12)7-13;2*1-2/h5-12,14,20H,13H2,1-4H3,(H,24,25);8,13H,1-7,10H2,(H,11,14);1-2H;1H3/t14-,20?;8-;;/m01../s1. The molecule has 1 unspecified atom stereocenters. The fraction of sp³-hybridized carbons (Fsp3) is 0.515. The molecule has 44 heavy (non-hydrogen) atoms. The molecule has 2 aromatic carbocycles. The van der Waals surface area contributed by atoms with Gasteiger partial charge in [-0.3, -0.25) is 4.39 Å². The Morgan fingerprint density at radius 1 is 1.18 bits per heavy atom. The van der Waals surface area contributed by atoms with E-state index in [1.807, 2.05) is 35.3 Å². The summed E-state index contributed by atoms with van der Waals surface area (Å²) in [6, 6.07) is 13.4. The van der Waals surface area contributed by atoms with Gasteiger partial charge in [0.1, 0.15) is 23.6 Å². The number of halogens is 3. The van der Waals surface area contributed by atoms with Crippen molar-refractivity contribution in [2.75, 3.05) is 33.4 Å². The van der Waals surface area contributed by atoms with Gasteiger partial charge in [-0.05, 0) is 60.9 Å². The minimum Gasteiger partial charge on any atom is -0.394 e. The topological polar surface area (TPSA) is 106 Å². The number of aliphatic hydroxyl groups excluding tert-OH is 1. The zero-order valence-electron chi connectivity index (χ0n) is 26.6. The molecular weight excluding hydrogens is 569 g/mol. The number of amides is 2. The number of hydrogen-bond donors (Lipinski definition) is 4. The van der Waals surface area contributed by atoms with Crippen LogP contribution in [0.5, 0.6) is 0 Å². The molecule has 8 nitrogen and oxygen atoms in total. The van der Waals surface area contributed by atoms with Gasteiger partial charge in [-0.25, -0.2) is 18.6 Å². The number of rotatable bonds is 8. The van der Waals surface area contributed by atoms with Crippen LogP contribution in [0.4, 0.5) is 18.0 Å². The number of hydrogen-bond acceptors (Lipinski definition) is 6. The lowest BCUT2D eigenvalue weighted by Crippen LogP contribution is -2.45. The highest BCUT2D eigenvalue weighted by Crippen LogP contribution is 2.33. The van der Waals surface area contributed by atoms with Crippen LogP contribution >= 0.6 is 0 Å². The Balaban J connectivity index is 0.000000455. The van der Waals surface area contributed by atoms with Gasteiger partial charge in [-0.2, -0.15) is 5.01 Å². The summed E-state index contributed by atoms with van der Waals surface area (Å²) >= 11 is 0. The van der Waals surface area contributed by atoms with Crippen molar-refractivity contribution >= 4 is 11.9 Å². The number of carbonyl (C=O) groups excluding carboxylic acids is 1. The van der Waals surface area contributed by atoms with Crippen LogP contribution in [0.15, 0.2) is 53.5 Å². The van der Waals surface area contributed by atoms with E-state index < -0.39 is 11.6 Å². The zero-order chi connectivity index (χ0) is 33.3. The van der Waals surface area contributed by atoms with Crippen molar-refractivity contribution < 1.29 is 23.1 Å². The second-order valence-corrected chi connectivity index (χ2v) is 11.4. The quantitative estimate of drug-likeness (QED) is 0.244. The summed E-state index contributed by atoms with van der Waals surface area (Å²) in [5.74, 6) is -0.388. The molecule has 0 spiro atoms. The van der Waals surface area contributed by atoms with E-state index in [4.69, 9.17) is 15.8 Å². The molecule has 0 bridgehead atoms. The number of nitrogens with two attached hydrogens (primary N) is 1. The summed E-state index contributed by atoms with van der Waals surface area (Å²) < 4.78 is 37.4. The molecule has 2 aromatic rings. The van der Waals surface area contributed by atoms with Gasteiger partial charge >= 0.3 is 6.03 Å². The maximum atomic E-state index is 14.2. The number of aliphatic hydroxyl groups is 1. The Bertz CT molecular complexity index is 1170. The fourth-order valence-corrected chi connectivity index (χ4v) is 4.68. The Morgan fingerprint density at radius 3 is 2.43 bits per heavy atom. The molecule has 4 rings (SSSR count). The first-order valence-corrected chi connectivity index (χ1v) is 14.7. The number of likely N-dealkylation sites (tertiary alicyclic amines) is 1. The smallest absolute Gasteiger partial charge is 0.317 e. The van der Waals surface area contributed by atoms with Crippen LogP contribution in [-0.4, -0.2) is 72.5 Å². The summed E-state index contributed by atoms with van der Waals surface area (Å²) in [7, 11) is 0.500. The predicted octanol–water partition coefficient (Wildman–Crippen LogP) is 5.08. The van der Waals surface area contributed by atoms with E-state index >= 15 is 0 Å². The number of nitrogens with zero attached hydrogens (tertiary/aromatic N) is 3. The largest absolute Gasteiger partial charge is 0.394 e. The fourth-order valence-electron chi connectivity index (χ4n) is 4.68. The summed E-state index contributed by atoms with van der Waals surface area (Å²) in [6.45, 7) is 11.3. The third kappa shape index (κ3) is 11.5. The maximum Gasteiger partial charge on any atom is 0.317 e. The van der Waals surface area contributed by atoms with Gasteiger partial charge in [0.15, 0.2) is 0 Å². The van der Waals surface area contributed by atoms with Gasteiger partial charge < -0.3 is 26.5 Å². The Hall–Kier alpha value is -3.59.